The van der Waals surface area contributed by atoms with Crippen LogP contribution in [-0.2, 0) is 14.8 Å². The van der Waals surface area contributed by atoms with Crippen molar-refractivity contribution in [3.05, 3.63) is 28.8 Å². The fourth-order valence-electron chi connectivity index (χ4n) is 2.34. The Morgan fingerprint density at radius 3 is 2.79 bits per heavy atom. The van der Waals surface area contributed by atoms with Gasteiger partial charge in [0.05, 0.1) is 10.9 Å². The van der Waals surface area contributed by atoms with E-state index < -0.39 is 16.1 Å². The van der Waals surface area contributed by atoms with Crippen molar-refractivity contribution < 1.29 is 13.2 Å². The molecular formula is C13H16ClNO3S. The first-order valence-electron chi connectivity index (χ1n) is 6.20. The van der Waals surface area contributed by atoms with Gasteiger partial charge in [0.15, 0.2) is 0 Å². The minimum absolute atomic E-state index is 0.189. The Labute approximate surface area is 118 Å². The highest BCUT2D eigenvalue weighted by atomic mass is 35.5. The molecule has 1 heterocycles. The van der Waals surface area contributed by atoms with E-state index in [1.54, 1.807) is 19.1 Å². The number of carbonyl (C=O) groups is 1. The van der Waals surface area contributed by atoms with Gasteiger partial charge in [-0.15, -0.1) is 0 Å². The average Bonchev–Trinajstić information content (AvgIpc) is 2.41. The molecule has 0 saturated carbocycles. The highest BCUT2D eigenvalue weighted by Crippen LogP contribution is 2.28. The van der Waals surface area contributed by atoms with Gasteiger partial charge in [0, 0.05) is 11.6 Å². The molecule has 0 N–H and O–H groups in total. The molecule has 0 spiro atoms. The minimum atomic E-state index is -3.66. The Morgan fingerprint density at radius 2 is 2.11 bits per heavy atom. The number of rotatable bonds is 3. The van der Waals surface area contributed by atoms with Gasteiger partial charge in [0.1, 0.15) is 6.29 Å². The largest absolute Gasteiger partial charge is 0.302 e. The standard InChI is InChI=1S/C13H16ClNO3S/c1-10-5-6-11(14)8-13(10)19(17,18)15-7-3-2-4-12(15)9-16/h5-6,8-9,12H,2-4,7H2,1H3. The summed E-state index contributed by atoms with van der Waals surface area (Å²) in [7, 11) is -3.66. The molecule has 1 aliphatic rings. The predicted molar refractivity (Wildman–Crippen MR) is 73.8 cm³/mol. The van der Waals surface area contributed by atoms with E-state index in [9.17, 15) is 13.2 Å². The maximum absolute atomic E-state index is 12.6. The smallest absolute Gasteiger partial charge is 0.244 e. The van der Waals surface area contributed by atoms with E-state index in [1.807, 2.05) is 0 Å². The Kier molecular flexibility index (Phi) is 4.28. The summed E-state index contributed by atoms with van der Waals surface area (Å²) in [6.45, 7) is 2.11. The number of halogens is 1. The molecule has 1 fully saturated rings. The van der Waals surface area contributed by atoms with Crippen LogP contribution in [0, 0.1) is 6.92 Å². The molecule has 1 unspecified atom stereocenters. The van der Waals surface area contributed by atoms with Crippen LogP contribution in [0.3, 0.4) is 0 Å². The first-order valence-corrected chi connectivity index (χ1v) is 8.02. The van der Waals surface area contributed by atoms with Gasteiger partial charge in [0.25, 0.3) is 0 Å². The fourth-order valence-corrected chi connectivity index (χ4v) is 4.46. The van der Waals surface area contributed by atoms with Crippen molar-refractivity contribution in [1.82, 2.24) is 4.31 Å². The quantitative estimate of drug-likeness (QED) is 0.806. The molecule has 1 aliphatic heterocycles. The van der Waals surface area contributed by atoms with Crippen LogP contribution in [0.2, 0.25) is 5.02 Å². The van der Waals surface area contributed by atoms with E-state index in [-0.39, 0.29) is 4.90 Å². The van der Waals surface area contributed by atoms with Crippen molar-refractivity contribution in [2.75, 3.05) is 6.54 Å². The van der Waals surface area contributed by atoms with Gasteiger partial charge in [0.2, 0.25) is 10.0 Å². The van der Waals surface area contributed by atoms with Crippen molar-refractivity contribution in [1.29, 1.82) is 0 Å². The van der Waals surface area contributed by atoms with Crippen LogP contribution in [0.1, 0.15) is 24.8 Å². The number of hydrogen-bond donors (Lipinski definition) is 0. The zero-order valence-corrected chi connectivity index (χ0v) is 12.2. The lowest BCUT2D eigenvalue weighted by molar-refractivity contribution is -0.111. The lowest BCUT2D eigenvalue weighted by Crippen LogP contribution is -2.44. The molecular weight excluding hydrogens is 286 g/mol. The molecule has 6 heteroatoms. The Bertz CT molecular complexity index is 586. The number of aryl methyl sites for hydroxylation is 1. The second-order valence-electron chi connectivity index (χ2n) is 4.72. The number of aldehydes is 1. The number of nitrogens with zero attached hydrogens (tertiary/aromatic N) is 1. The number of benzene rings is 1. The first kappa shape index (κ1) is 14.5. The number of carbonyl (C=O) groups excluding carboxylic acids is 1. The lowest BCUT2D eigenvalue weighted by Gasteiger charge is -2.31. The zero-order chi connectivity index (χ0) is 14.0. The van der Waals surface area contributed by atoms with Crippen LogP contribution in [0.4, 0.5) is 0 Å². The maximum Gasteiger partial charge on any atom is 0.244 e. The highest BCUT2D eigenvalue weighted by Gasteiger charge is 2.34. The fraction of sp³-hybridized carbons (Fsp3) is 0.462. The summed E-state index contributed by atoms with van der Waals surface area (Å²) in [6.07, 6.45) is 2.96. The molecule has 0 aromatic heterocycles. The zero-order valence-electron chi connectivity index (χ0n) is 10.7. The molecule has 1 aromatic rings. The third-order valence-electron chi connectivity index (χ3n) is 3.39. The Hall–Kier alpha value is -0.910. The van der Waals surface area contributed by atoms with E-state index in [1.165, 1.54) is 10.4 Å². The van der Waals surface area contributed by atoms with Gasteiger partial charge in [-0.1, -0.05) is 24.1 Å². The third kappa shape index (κ3) is 2.83. The van der Waals surface area contributed by atoms with Crippen LogP contribution in [0.25, 0.3) is 0 Å². The average molecular weight is 302 g/mol. The van der Waals surface area contributed by atoms with Crippen molar-refractivity contribution in [3.63, 3.8) is 0 Å². The molecule has 104 valence electrons. The summed E-state index contributed by atoms with van der Waals surface area (Å²) >= 11 is 5.88. The van der Waals surface area contributed by atoms with Crippen LogP contribution < -0.4 is 0 Å². The van der Waals surface area contributed by atoms with E-state index in [2.05, 4.69) is 0 Å². The summed E-state index contributed by atoms with van der Waals surface area (Å²) in [4.78, 5) is 11.3. The summed E-state index contributed by atoms with van der Waals surface area (Å²) in [5.41, 5.74) is 0.639. The molecule has 1 aromatic carbocycles. The van der Waals surface area contributed by atoms with E-state index in [0.717, 1.165) is 19.1 Å². The van der Waals surface area contributed by atoms with Gasteiger partial charge in [-0.05, 0) is 37.5 Å². The van der Waals surface area contributed by atoms with Gasteiger partial charge in [-0.2, -0.15) is 4.31 Å². The maximum atomic E-state index is 12.6. The van der Waals surface area contributed by atoms with Crippen molar-refractivity contribution >= 4 is 27.9 Å². The molecule has 1 atom stereocenters. The highest BCUT2D eigenvalue weighted by molar-refractivity contribution is 7.89. The molecule has 0 amide bonds. The number of sulfonamides is 1. The van der Waals surface area contributed by atoms with Crippen LogP contribution in [-0.4, -0.2) is 31.6 Å². The van der Waals surface area contributed by atoms with Gasteiger partial charge < -0.3 is 4.79 Å². The molecule has 1 saturated heterocycles. The van der Waals surface area contributed by atoms with Gasteiger partial charge in [-0.3, -0.25) is 0 Å². The second kappa shape index (κ2) is 5.61. The molecule has 0 bridgehead atoms. The van der Waals surface area contributed by atoms with Crippen LogP contribution in [0.5, 0.6) is 0 Å². The van der Waals surface area contributed by atoms with Crippen molar-refractivity contribution in [2.24, 2.45) is 0 Å². The summed E-state index contributed by atoms with van der Waals surface area (Å²) in [6, 6.07) is 4.22. The van der Waals surface area contributed by atoms with E-state index in [0.29, 0.717) is 23.6 Å². The topological polar surface area (TPSA) is 54.5 Å². The molecule has 19 heavy (non-hydrogen) atoms. The van der Waals surface area contributed by atoms with E-state index in [4.69, 9.17) is 11.6 Å². The predicted octanol–water partition coefficient (Wildman–Crippen LogP) is 2.39. The first-order chi connectivity index (χ1) is 8.96. The normalized spacial score (nSPS) is 21.3. The molecule has 2 rings (SSSR count). The summed E-state index contributed by atoms with van der Waals surface area (Å²) < 4.78 is 26.6. The summed E-state index contributed by atoms with van der Waals surface area (Å²) in [5, 5.41) is 0.379. The molecule has 0 radical (unpaired) electrons. The van der Waals surface area contributed by atoms with Crippen LogP contribution in [0.15, 0.2) is 23.1 Å². The molecule has 4 nitrogen and oxygen atoms in total. The summed E-state index contributed by atoms with van der Waals surface area (Å²) in [5.74, 6) is 0. The minimum Gasteiger partial charge on any atom is -0.302 e. The van der Waals surface area contributed by atoms with Crippen molar-refractivity contribution in [2.45, 2.75) is 37.1 Å². The monoisotopic (exact) mass is 301 g/mol. The Morgan fingerprint density at radius 1 is 1.37 bits per heavy atom. The van der Waals surface area contributed by atoms with Gasteiger partial charge >= 0.3 is 0 Å². The number of hydrogen-bond acceptors (Lipinski definition) is 3. The van der Waals surface area contributed by atoms with E-state index >= 15 is 0 Å². The van der Waals surface area contributed by atoms with Gasteiger partial charge in [-0.25, -0.2) is 8.42 Å². The molecule has 0 aliphatic carbocycles. The number of piperidine rings is 1. The second-order valence-corrected chi connectivity index (χ2v) is 7.02. The van der Waals surface area contributed by atoms with Crippen LogP contribution >= 0.6 is 11.6 Å². The van der Waals surface area contributed by atoms with Crippen molar-refractivity contribution in [3.8, 4) is 0 Å². The lowest BCUT2D eigenvalue weighted by atomic mass is 10.1. The third-order valence-corrected chi connectivity index (χ3v) is 5.69. The Balaban J connectivity index is 2.46. The SMILES string of the molecule is Cc1ccc(Cl)cc1S(=O)(=O)N1CCCCC1C=O.